The molecule has 108 valence electrons. The molecule has 1 amide bonds. The highest BCUT2D eigenvalue weighted by molar-refractivity contribution is 7.80. The summed E-state index contributed by atoms with van der Waals surface area (Å²) in [5.41, 5.74) is 6.41. The smallest absolute Gasteiger partial charge is 0.227 e. The third-order valence-corrected chi connectivity index (χ3v) is 3.90. The first kappa shape index (κ1) is 15.2. The lowest BCUT2D eigenvalue weighted by Gasteiger charge is -2.34. The van der Waals surface area contributed by atoms with E-state index in [-0.39, 0.29) is 5.91 Å². The maximum Gasteiger partial charge on any atom is 0.227 e. The van der Waals surface area contributed by atoms with E-state index in [2.05, 4.69) is 4.90 Å². The van der Waals surface area contributed by atoms with Crippen LogP contribution in [0.4, 0.5) is 0 Å². The van der Waals surface area contributed by atoms with Gasteiger partial charge in [0, 0.05) is 37.7 Å². The molecule has 0 atom stereocenters. The van der Waals surface area contributed by atoms with E-state index in [1.54, 1.807) is 0 Å². The van der Waals surface area contributed by atoms with Gasteiger partial charge in [-0.1, -0.05) is 42.0 Å². The Labute approximate surface area is 129 Å². The van der Waals surface area contributed by atoms with Gasteiger partial charge in [0.2, 0.25) is 5.91 Å². The topological polar surface area (TPSA) is 49.6 Å². The van der Waals surface area contributed by atoms with Gasteiger partial charge in [0.1, 0.15) is 0 Å². The second-order valence-electron chi connectivity index (χ2n) is 4.89. The number of thiocarbonyl (C=S) groups is 1. The number of carbonyl (C=O) groups excluding carboxylic acids is 1. The zero-order valence-electron chi connectivity index (χ0n) is 11.2. The zero-order chi connectivity index (χ0) is 14.5. The van der Waals surface area contributed by atoms with Crippen LogP contribution in [0.3, 0.4) is 0 Å². The van der Waals surface area contributed by atoms with Gasteiger partial charge in [-0.2, -0.15) is 0 Å². The highest BCUT2D eigenvalue weighted by Crippen LogP contribution is 2.16. The molecule has 0 radical (unpaired) electrons. The Hall–Kier alpha value is -1.17. The quantitative estimate of drug-likeness (QED) is 0.852. The Morgan fingerprint density at radius 3 is 2.50 bits per heavy atom. The highest BCUT2D eigenvalue weighted by atomic mass is 35.5. The van der Waals surface area contributed by atoms with Gasteiger partial charge in [-0.25, -0.2) is 0 Å². The molecular formula is C14H18ClN3OS. The molecule has 1 aliphatic heterocycles. The summed E-state index contributed by atoms with van der Waals surface area (Å²) in [6, 6.07) is 7.47. The van der Waals surface area contributed by atoms with Crippen LogP contribution in [0.5, 0.6) is 0 Å². The van der Waals surface area contributed by atoms with Crippen molar-refractivity contribution in [3.8, 4) is 0 Å². The molecular weight excluding hydrogens is 294 g/mol. The largest absolute Gasteiger partial charge is 0.392 e. The molecule has 2 rings (SSSR count). The summed E-state index contributed by atoms with van der Waals surface area (Å²) in [4.78, 5) is 16.8. The van der Waals surface area contributed by atoms with Gasteiger partial charge < -0.3 is 10.6 Å². The molecule has 4 nitrogen and oxygen atoms in total. The van der Waals surface area contributed by atoms with Crippen molar-refractivity contribution in [2.24, 2.45) is 5.73 Å². The Balaban J connectivity index is 1.86. The summed E-state index contributed by atoms with van der Waals surface area (Å²) >= 11 is 11.0. The van der Waals surface area contributed by atoms with E-state index in [1.165, 1.54) is 0 Å². The van der Waals surface area contributed by atoms with Crippen molar-refractivity contribution in [2.45, 2.75) is 6.42 Å². The van der Waals surface area contributed by atoms with Gasteiger partial charge in [0.05, 0.1) is 11.4 Å². The fourth-order valence-corrected chi connectivity index (χ4v) is 2.68. The van der Waals surface area contributed by atoms with Crippen molar-refractivity contribution >= 4 is 34.7 Å². The maximum absolute atomic E-state index is 12.2. The van der Waals surface area contributed by atoms with Crippen molar-refractivity contribution in [3.63, 3.8) is 0 Å². The number of benzene rings is 1. The van der Waals surface area contributed by atoms with Crippen LogP contribution < -0.4 is 5.73 Å². The number of nitrogens with two attached hydrogens (primary N) is 1. The van der Waals surface area contributed by atoms with Crippen LogP contribution in [0.2, 0.25) is 5.02 Å². The van der Waals surface area contributed by atoms with Gasteiger partial charge in [-0.15, -0.1) is 0 Å². The number of nitrogens with zero attached hydrogens (tertiary/aromatic N) is 2. The lowest BCUT2D eigenvalue weighted by Crippen LogP contribution is -2.50. The second-order valence-corrected chi connectivity index (χ2v) is 5.82. The molecule has 1 aromatic carbocycles. The number of amides is 1. The molecule has 0 saturated carbocycles. The Kier molecular flexibility index (Phi) is 5.34. The fraction of sp³-hybridized carbons (Fsp3) is 0.429. The first-order valence-electron chi connectivity index (χ1n) is 6.58. The number of hydrogen-bond acceptors (Lipinski definition) is 3. The number of carbonyl (C=O) groups is 1. The molecule has 1 aliphatic rings. The summed E-state index contributed by atoms with van der Waals surface area (Å²) in [7, 11) is 0. The van der Waals surface area contributed by atoms with Crippen LogP contribution in [0.25, 0.3) is 0 Å². The second kappa shape index (κ2) is 7.02. The van der Waals surface area contributed by atoms with Crippen molar-refractivity contribution in [1.82, 2.24) is 9.80 Å². The molecule has 0 aliphatic carbocycles. The van der Waals surface area contributed by atoms with Gasteiger partial charge in [-0.05, 0) is 11.6 Å². The van der Waals surface area contributed by atoms with Crippen LogP contribution in [0.15, 0.2) is 24.3 Å². The summed E-state index contributed by atoms with van der Waals surface area (Å²) in [6.45, 7) is 3.68. The molecule has 1 aromatic rings. The number of rotatable bonds is 4. The average Bonchev–Trinajstić information content (AvgIpc) is 2.41. The standard InChI is InChI=1S/C14H18ClN3OS/c15-12-4-2-1-3-11(12)9-14(19)18-7-5-17(6-8-18)10-13(16)20/h1-4H,5-10H2,(H2,16,20). The third-order valence-electron chi connectivity index (χ3n) is 3.40. The number of hydrogen-bond donors (Lipinski definition) is 1. The minimum absolute atomic E-state index is 0.119. The number of halogens is 1. The van der Waals surface area contributed by atoms with E-state index in [9.17, 15) is 4.79 Å². The third kappa shape index (κ3) is 4.16. The molecule has 1 heterocycles. The Bertz CT molecular complexity index is 501. The van der Waals surface area contributed by atoms with E-state index in [1.807, 2.05) is 29.2 Å². The molecule has 0 aromatic heterocycles. The molecule has 0 bridgehead atoms. The molecule has 1 fully saturated rings. The summed E-state index contributed by atoms with van der Waals surface area (Å²) in [5.74, 6) is 0.119. The van der Waals surface area contributed by atoms with Gasteiger partial charge >= 0.3 is 0 Å². The van der Waals surface area contributed by atoms with E-state index < -0.39 is 0 Å². The normalized spacial score (nSPS) is 16.1. The van der Waals surface area contributed by atoms with E-state index >= 15 is 0 Å². The lowest BCUT2D eigenvalue weighted by atomic mass is 10.1. The van der Waals surface area contributed by atoms with Gasteiger partial charge in [0.15, 0.2) is 0 Å². The lowest BCUT2D eigenvalue weighted by molar-refractivity contribution is -0.132. The Morgan fingerprint density at radius 2 is 1.90 bits per heavy atom. The van der Waals surface area contributed by atoms with Crippen molar-refractivity contribution in [2.75, 3.05) is 32.7 Å². The SMILES string of the molecule is NC(=S)CN1CCN(C(=O)Cc2ccccc2Cl)CC1. The predicted molar refractivity (Wildman–Crippen MR) is 85.0 cm³/mol. The highest BCUT2D eigenvalue weighted by Gasteiger charge is 2.21. The van der Waals surface area contributed by atoms with Crippen molar-refractivity contribution in [3.05, 3.63) is 34.9 Å². The zero-order valence-corrected chi connectivity index (χ0v) is 12.8. The Morgan fingerprint density at radius 1 is 1.25 bits per heavy atom. The van der Waals surface area contributed by atoms with Crippen LogP contribution in [0.1, 0.15) is 5.56 Å². The first-order valence-corrected chi connectivity index (χ1v) is 7.36. The van der Waals surface area contributed by atoms with Crippen LogP contribution in [-0.2, 0) is 11.2 Å². The van der Waals surface area contributed by atoms with Crippen molar-refractivity contribution in [1.29, 1.82) is 0 Å². The van der Waals surface area contributed by atoms with Crippen LogP contribution >= 0.6 is 23.8 Å². The van der Waals surface area contributed by atoms with Crippen LogP contribution in [0, 0.1) is 0 Å². The fourth-order valence-electron chi connectivity index (χ4n) is 2.29. The molecule has 0 unspecified atom stereocenters. The predicted octanol–water partition coefficient (Wildman–Crippen LogP) is 1.31. The average molecular weight is 312 g/mol. The first-order chi connectivity index (χ1) is 9.56. The number of piperazine rings is 1. The molecule has 2 N–H and O–H groups in total. The monoisotopic (exact) mass is 311 g/mol. The minimum atomic E-state index is 0.119. The van der Waals surface area contributed by atoms with E-state index in [0.29, 0.717) is 36.1 Å². The van der Waals surface area contributed by atoms with E-state index in [0.717, 1.165) is 18.7 Å². The van der Waals surface area contributed by atoms with Crippen molar-refractivity contribution < 1.29 is 4.79 Å². The minimum Gasteiger partial charge on any atom is -0.392 e. The molecule has 6 heteroatoms. The summed E-state index contributed by atoms with van der Waals surface area (Å²) < 4.78 is 0. The maximum atomic E-state index is 12.2. The summed E-state index contributed by atoms with van der Waals surface area (Å²) in [6.07, 6.45) is 0.356. The van der Waals surface area contributed by atoms with Gasteiger partial charge in [0.25, 0.3) is 0 Å². The van der Waals surface area contributed by atoms with E-state index in [4.69, 9.17) is 29.6 Å². The molecule has 20 heavy (non-hydrogen) atoms. The summed E-state index contributed by atoms with van der Waals surface area (Å²) in [5, 5.41) is 0.646. The molecule has 1 saturated heterocycles. The molecule has 0 spiro atoms. The van der Waals surface area contributed by atoms with Crippen LogP contribution in [-0.4, -0.2) is 53.4 Å². The van der Waals surface area contributed by atoms with Gasteiger partial charge in [-0.3, -0.25) is 9.69 Å².